The van der Waals surface area contributed by atoms with Gasteiger partial charge in [-0.1, -0.05) is 62.9 Å². The highest BCUT2D eigenvalue weighted by Gasteiger charge is 2.46. The summed E-state index contributed by atoms with van der Waals surface area (Å²) < 4.78 is 0. The minimum absolute atomic E-state index is 0. The molecule has 1 saturated heterocycles. The molecular weight excluding hydrogens is 318 g/mol. The lowest BCUT2D eigenvalue weighted by atomic mass is 9.68. The Hall–Kier alpha value is -0.570. The molecule has 0 amide bonds. The summed E-state index contributed by atoms with van der Waals surface area (Å²) >= 11 is 0. The summed E-state index contributed by atoms with van der Waals surface area (Å²) in [5.41, 5.74) is 0.456. The van der Waals surface area contributed by atoms with Gasteiger partial charge in [-0.25, -0.2) is 0 Å². The van der Waals surface area contributed by atoms with E-state index in [9.17, 15) is 5.11 Å². The third-order valence-corrected chi connectivity index (χ3v) is 6.19. The minimum atomic E-state index is -0.687. The second-order valence-corrected chi connectivity index (χ2v) is 7.55. The standard InChI is InChI=1S/C21H33NO.ClH/c1-2-20(22-16-10-5-11-17-22)21(23,18-12-6-3-7-13-18)19-14-8-4-9-15-19;/h3,6-7,12-13,19-20,23H,2,4-5,8-11,14-17H2,1H3;1H. The Bertz CT molecular complexity index is 468. The zero-order chi connectivity index (χ0) is 16.1. The van der Waals surface area contributed by atoms with Crippen LogP contribution in [0.15, 0.2) is 30.3 Å². The molecule has 1 N–H and O–H groups in total. The molecular formula is C21H34ClNO. The first-order chi connectivity index (χ1) is 11.3. The number of nitrogens with zero attached hydrogens (tertiary/aromatic N) is 1. The van der Waals surface area contributed by atoms with E-state index in [4.69, 9.17) is 0 Å². The molecule has 1 heterocycles. The number of hydrogen-bond donors (Lipinski definition) is 1. The van der Waals surface area contributed by atoms with Gasteiger partial charge < -0.3 is 5.11 Å². The van der Waals surface area contributed by atoms with Crippen LogP contribution in [0.25, 0.3) is 0 Å². The van der Waals surface area contributed by atoms with E-state index >= 15 is 0 Å². The molecule has 0 aromatic heterocycles. The number of rotatable bonds is 5. The number of halogens is 1. The van der Waals surface area contributed by atoms with Crippen LogP contribution in [0.2, 0.25) is 0 Å². The summed E-state index contributed by atoms with van der Waals surface area (Å²) in [5.74, 6) is 0.408. The Morgan fingerprint density at radius 3 is 2.17 bits per heavy atom. The van der Waals surface area contributed by atoms with Crippen molar-refractivity contribution in [3.8, 4) is 0 Å². The Labute approximate surface area is 154 Å². The van der Waals surface area contributed by atoms with Gasteiger partial charge in [0.25, 0.3) is 0 Å². The summed E-state index contributed by atoms with van der Waals surface area (Å²) in [6.45, 7) is 4.57. The molecule has 1 saturated carbocycles. The summed E-state index contributed by atoms with van der Waals surface area (Å²) in [7, 11) is 0. The fourth-order valence-corrected chi connectivity index (χ4v) is 5.03. The van der Waals surface area contributed by atoms with E-state index < -0.39 is 5.60 Å². The molecule has 2 aliphatic rings. The van der Waals surface area contributed by atoms with Gasteiger partial charge in [0.2, 0.25) is 0 Å². The topological polar surface area (TPSA) is 23.5 Å². The molecule has 3 rings (SSSR count). The molecule has 1 aromatic rings. The predicted molar refractivity (Wildman–Crippen MR) is 104 cm³/mol. The molecule has 0 radical (unpaired) electrons. The van der Waals surface area contributed by atoms with Crippen LogP contribution in [-0.4, -0.2) is 29.1 Å². The molecule has 1 aliphatic heterocycles. The first-order valence-corrected chi connectivity index (χ1v) is 9.78. The summed E-state index contributed by atoms with van der Waals surface area (Å²) in [5, 5.41) is 12.1. The monoisotopic (exact) mass is 351 g/mol. The van der Waals surface area contributed by atoms with Gasteiger partial charge in [0.1, 0.15) is 5.60 Å². The van der Waals surface area contributed by atoms with Gasteiger partial charge in [-0.15, -0.1) is 12.4 Å². The highest BCUT2D eigenvalue weighted by Crippen LogP contribution is 2.44. The number of aliphatic hydroxyl groups is 1. The Morgan fingerprint density at radius 1 is 1.00 bits per heavy atom. The molecule has 0 spiro atoms. The second-order valence-electron chi connectivity index (χ2n) is 7.55. The van der Waals surface area contributed by atoms with E-state index in [-0.39, 0.29) is 18.4 Å². The van der Waals surface area contributed by atoms with E-state index in [1.807, 2.05) is 0 Å². The average molecular weight is 352 g/mol. The molecule has 2 atom stereocenters. The molecule has 3 heteroatoms. The van der Waals surface area contributed by atoms with Crippen LogP contribution in [-0.2, 0) is 5.60 Å². The first kappa shape index (κ1) is 19.8. The molecule has 136 valence electrons. The van der Waals surface area contributed by atoms with E-state index in [2.05, 4.69) is 42.2 Å². The zero-order valence-corrected chi connectivity index (χ0v) is 15.9. The van der Waals surface area contributed by atoms with Gasteiger partial charge >= 0.3 is 0 Å². The first-order valence-electron chi connectivity index (χ1n) is 9.78. The van der Waals surface area contributed by atoms with Gasteiger partial charge in [0, 0.05) is 6.04 Å². The maximum absolute atomic E-state index is 12.1. The Morgan fingerprint density at radius 2 is 1.58 bits per heavy atom. The van der Waals surface area contributed by atoms with Crippen LogP contribution in [0.1, 0.15) is 70.3 Å². The largest absolute Gasteiger partial charge is 0.383 e. The van der Waals surface area contributed by atoms with E-state index in [1.165, 1.54) is 51.4 Å². The van der Waals surface area contributed by atoms with Crippen LogP contribution >= 0.6 is 12.4 Å². The highest BCUT2D eigenvalue weighted by atomic mass is 35.5. The summed E-state index contributed by atoms with van der Waals surface area (Å²) in [4.78, 5) is 2.59. The second kappa shape index (κ2) is 9.22. The maximum Gasteiger partial charge on any atom is 0.108 e. The van der Waals surface area contributed by atoms with Crippen LogP contribution < -0.4 is 0 Å². The van der Waals surface area contributed by atoms with Crippen molar-refractivity contribution in [3.05, 3.63) is 35.9 Å². The van der Waals surface area contributed by atoms with Crippen molar-refractivity contribution >= 4 is 12.4 Å². The predicted octanol–water partition coefficient (Wildman–Crippen LogP) is 5.14. The lowest BCUT2D eigenvalue weighted by molar-refractivity contribution is -0.111. The highest BCUT2D eigenvalue weighted by molar-refractivity contribution is 5.85. The number of piperidine rings is 1. The van der Waals surface area contributed by atoms with Crippen LogP contribution in [0.5, 0.6) is 0 Å². The van der Waals surface area contributed by atoms with Crippen molar-refractivity contribution in [3.63, 3.8) is 0 Å². The van der Waals surface area contributed by atoms with Crippen molar-refractivity contribution in [1.29, 1.82) is 0 Å². The minimum Gasteiger partial charge on any atom is -0.383 e. The lowest BCUT2D eigenvalue weighted by Crippen LogP contribution is -2.56. The van der Waals surface area contributed by atoms with Crippen molar-refractivity contribution in [2.75, 3.05) is 13.1 Å². The molecule has 24 heavy (non-hydrogen) atoms. The van der Waals surface area contributed by atoms with Crippen LogP contribution in [0.3, 0.4) is 0 Å². The SMILES string of the molecule is CCC(N1CCCCC1)C(O)(c1ccccc1)C1CCCCC1.Cl. The van der Waals surface area contributed by atoms with E-state index in [0.717, 1.165) is 25.1 Å². The third kappa shape index (κ3) is 3.98. The van der Waals surface area contributed by atoms with Gasteiger partial charge in [0.05, 0.1) is 0 Å². The van der Waals surface area contributed by atoms with Crippen molar-refractivity contribution in [1.82, 2.24) is 4.90 Å². The van der Waals surface area contributed by atoms with Crippen molar-refractivity contribution < 1.29 is 5.11 Å². The molecule has 2 unspecified atom stereocenters. The van der Waals surface area contributed by atoms with Crippen molar-refractivity contribution in [2.45, 2.75) is 76.4 Å². The smallest absolute Gasteiger partial charge is 0.108 e. The van der Waals surface area contributed by atoms with Crippen molar-refractivity contribution in [2.24, 2.45) is 5.92 Å². The Balaban J connectivity index is 0.00000208. The summed E-state index contributed by atoms with van der Waals surface area (Å²) in [6, 6.07) is 10.8. The number of benzene rings is 1. The maximum atomic E-state index is 12.1. The lowest BCUT2D eigenvalue weighted by Gasteiger charge is -2.49. The summed E-state index contributed by atoms with van der Waals surface area (Å²) in [6.07, 6.45) is 11.2. The number of hydrogen-bond acceptors (Lipinski definition) is 2. The quantitative estimate of drug-likeness (QED) is 0.793. The fourth-order valence-electron chi connectivity index (χ4n) is 5.03. The van der Waals surface area contributed by atoms with Gasteiger partial charge in [-0.05, 0) is 56.7 Å². The fraction of sp³-hybridized carbons (Fsp3) is 0.714. The van der Waals surface area contributed by atoms with Gasteiger partial charge in [-0.2, -0.15) is 0 Å². The molecule has 0 bridgehead atoms. The van der Waals surface area contributed by atoms with Crippen LogP contribution in [0.4, 0.5) is 0 Å². The zero-order valence-electron chi connectivity index (χ0n) is 15.1. The van der Waals surface area contributed by atoms with Gasteiger partial charge in [0.15, 0.2) is 0 Å². The Kier molecular flexibility index (Phi) is 7.59. The molecule has 2 nitrogen and oxygen atoms in total. The number of likely N-dealkylation sites (tertiary alicyclic amines) is 1. The molecule has 1 aromatic carbocycles. The van der Waals surface area contributed by atoms with E-state index in [0.29, 0.717) is 5.92 Å². The van der Waals surface area contributed by atoms with Gasteiger partial charge in [-0.3, -0.25) is 4.90 Å². The van der Waals surface area contributed by atoms with Crippen LogP contribution in [0, 0.1) is 5.92 Å². The molecule has 1 aliphatic carbocycles. The van der Waals surface area contributed by atoms with E-state index in [1.54, 1.807) is 0 Å². The normalized spacial score (nSPS) is 23.9. The third-order valence-electron chi connectivity index (χ3n) is 6.19. The average Bonchev–Trinajstić information content (AvgIpc) is 2.64. The molecule has 2 fully saturated rings.